The van der Waals surface area contributed by atoms with E-state index in [4.69, 9.17) is 15.2 Å². The van der Waals surface area contributed by atoms with Gasteiger partial charge in [0, 0.05) is 19.4 Å². The lowest BCUT2D eigenvalue weighted by atomic mass is 9.94. The van der Waals surface area contributed by atoms with Gasteiger partial charge in [-0.1, -0.05) is 13.8 Å². The average Bonchev–Trinajstić information content (AvgIpc) is 2.38. The van der Waals surface area contributed by atoms with Crippen LogP contribution in [0.4, 0.5) is 0 Å². The molecule has 0 aromatic heterocycles. The molecule has 1 heterocycles. The van der Waals surface area contributed by atoms with Crippen molar-refractivity contribution >= 4 is 5.97 Å². The SMILES string of the molecule is CC(C)C[C@H](CN)CC(=O)OCCC1CCCCO1. The maximum Gasteiger partial charge on any atom is 0.306 e. The van der Waals surface area contributed by atoms with E-state index in [0.717, 1.165) is 32.3 Å². The molecule has 1 fully saturated rings. The van der Waals surface area contributed by atoms with Crippen LogP contribution >= 0.6 is 0 Å². The topological polar surface area (TPSA) is 61.6 Å². The van der Waals surface area contributed by atoms with Crippen LogP contribution in [0.1, 0.15) is 52.4 Å². The monoisotopic (exact) mass is 271 g/mol. The summed E-state index contributed by atoms with van der Waals surface area (Å²) in [5.74, 6) is 0.697. The summed E-state index contributed by atoms with van der Waals surface area (Å²) in [7, 11) is 0. The van der Waals surface area contributed by atoms with Crippen molar-refractivity contribution < 1.29 is 14.3 Å². The van der Waals surface area contributed by atoms with E-state index >= 15 is 0 Å². The van der Waals surface area contributed by atoms with Crippen molar-refractivity contribution in [3.05, 3.63) is 0 Å². The Kier molecular flexibility index (Phi) is 8.07. The van der Waals surface area contributed by atoms with Crippen LogP contribution in [0.5, 0.6) is 0 Å². The lowest BCUT2D eigenvalue weighted by Crippen LogP contribution is -2.24. The molecular formula is C15H29NO3. The Morgan fingerprint density at radius 3 is 2.79 bits per heavy atom. The molecule has 1 unspecified atom stereocenters. The molecule has 0 aromatic carbocycles. The van der Waals surface area contributed by atoms with Crippen LogP contribution < -0.4 is 5.73 Å². The van der Waals surface area contributed by atoms with Gasteiger partial charge in [-0.15, -0.1) is 0 Å². The van der Waals surface area contributed by atoms with E-state index in [1.54, 1.807) is 0 Å². The highest BCUT2D eigenvalue weighted by Gasteiger charge is 2.17. The Labute approximate surface area is 117 Å². The molecular weight excluding hydrogens is 242 g/mol. The lowest BCUT2D eigenvalue weighted by Gasteiger charge is -2.22. The van der Waals surface area contributed by atoms with Gasteiger partial charge >= 0.3 is 5.97 Å². The standard InChI is InChI=1S/C15H29NO3/c1-12(2)9-13(11-16)10-15(17)19-8-6-14-5-3-4-7-18-14/h12-14H,3-11,16H2,1-2H3/t13-,14?/m0/s1. The second-order valence-electron chi connectivity index (χ2n) is 5.93. The summed E-state index contributed by atoms with van der Waals surface area (Å²) < 4.78 is 10.9. The molecule has 1 saturated heterocycles. The summed E-state index contributed by atoms with van der Waals surface area (Å²) in [5, 5.41) is 0. The Balaban J connectivity index is 2.12. The lowest BCUT2D eigenvalue weighted by molar-refractivity contribution is -0.146. The summed E-state index contributed by atoms with van der Waals surface area (Å²) in [5.41, 5.74) is 5.69. The molecule has 0 saturated carbocycles. The highest BCUT2D eigenvalue weighted by atomic mass is 16.5. The van der Waals surface area contributed by atoms with Crippen LogP contribution in [-0.2, 0) is 14.3 Å². The van der Waals surface area contributed by atoms with Crippen molar-refractivity contribution in [2.24, 2.45) is 17.6 Å². The second kappa shape index (κ2) is 9.32. The zero-order valence-corrected chi connectivity index (χ0v) is 12.4. The number of hydrogen-bond donors (Lipinski definition) is 1. The molecule has 4 heteroatoms. The van der Waals surface area contributed by atoms with Gasteiger partial charge in [-0.05, 0) is 44.1 Å². The minimum absolute atomic E-state index is 0.119. The highest BCUT2D eigenvalue weighted by molar-refractivity contribution is 5.69. The van der Waals surface area contributed by atoms with E-state index in [-0.39, 0.29) is 18.0 Å². The van der Waals surface area contributed by atoms with Crippen LogP contribution in [0.25, 0.3) is 0 Å². The third-order valence-electron chi connectivity index (χ3n) is 3.57. The molecule has 1 aliphatic rings. The van der Waals surface area contributed by atoms with Gasteiger partial charge in [0.1, 0.15) is 0 Å². The Morgan fingerprint density at radius 1 is 1.42 bits per heavy atom. The van der Waals surface area contributed by atoms with Gasteiger partial charge in [0.2, 0.25) is 0 Å². The molecule has 0 bridgehead atoms. The van der Waals surface area contributed by atoms with Crippen molar-refractivity contribution in [2.45, 2.75) is 58.5 Å². The van der Waals surface area contributed by atoms with Gasteiger partial charge in [-0.25, -0.2) is 0 Å². The van der Waals surface area contributed by atoms with E-state index in [9.17, 15) is 4.79 Å². The number of esters is 1. The molecule has 2 N–H and O–H groups in total. The second-order valence-corrected chi connectivity index (χ2v) is 5.93. The maximum atomic E-state index is 11.7. The fourth-order valence-corrected chi connectivity index (χ4v) is 2.56. The van der Waals surface area contributed by atoms with Gasteiger partial charge < -0.3 is 15.2 Å². The summed E-state index contributed by atoms with van der Waals surface area (Å²) in [6.45, 7) is 6.17. The van der Waals surface area contributed by atoms with E-state index in [0.29, 0.717) is 25.5 Å². The molecule has 1 rings (SSSR count). The molecule has 112 valence electrons. The van der Waals surface area contributed by atoms with Crippen molar-refractivity contribution in [1.29, 1.82) is 0 Å². The van der Waals surface area contributed by atoms with Gasteiger partial charge in [-0.2, -0.15) is 0 Å². The fraction of sp³-hybridized carbons (Fsp3) is 0.933. The molecule has 0 spiro atoms. The molecule has 0 amide bonds. The quantitative estimate of drug-likeness (QED) is 0.689. The van der Waals surface area contributed by atoms with Gasteiger partial charge in [-0.3, -0.25) is 4.79 Å². The number of carbonyl (C=O) groups excluding carboxylic acids is 1. The first-order valence-electron chi connectivity index (χ1n) is 7.59. The van der Waals surface area contributed by atoms with Crippen molar-refractivity contribution in [2.75, 3.05) is 19.8 Å². The highest BCUT2D eigenvalue weighted by Crippen LogP contribution is 2.17. The van der Waals surface area contributed by atoms with Gasteiger partial charge in [0.05, 0.1) is 12.7 Å². The van der Waals surface area contributed by atoms with Crippen LogP contribution in [0.3, 0.4) is 0 Å². The summed E-state index contributed by atoms with van der Waals surface area (Å²) in [6.07, 6.45) is 6.01. The summed E-state index contributed by atoms with van der Waals surface area (Å²) in [4.78, 5) is 11.7. The molecule has 2 atom stereocenters. The predicted octanol–water partition coefficient (Wildman–Crippen LogP) is 2.50. The Bertz CT molecular complexity index is 250. The van der Waals surface area contributed by atoms with E-state index in [1.807, 2.05) is 0 Å². The number of rotatable bonds is 8. The third-order valence-corrected chi connectivity index (χ3v) is 3.57. The predicted molar refractivity (Wildman–Crippen MR) is 75.8 cm³/mol. The van der Waals surface area contributed by atoms with Crippen LogP contribution in [0.2, 0.25) is 0 Å². The molecule has 0 aromatic rings. The van der Waals surface area contributed by atoms with Gasteiger partial charge in [0.15, 0.2) is 0 Å². The first-order chi connectivity index (χ1) is 9.11. The van der Waals surface area contributed by atoms with Crippen molar-refractivity contribution in [3.8, 4) is 0 Å². The van der Waals surface area contributed by atoms with Crippen molar-refractivity contribution in [3.63, 3.8) is 0 Å². The molecule has 0 radical (unpaired) electrons. The first-order valence-corrected chi connectivity index (χ1v) is 7.59. The van der Waals surface area contributed by atoms with Crippen molar-refractivity contribution in [1.82, 2.24) is 0 Å². The van der Waals surface area contributed by atoms with Gasteiger partial charge in [0.25, 0.3) is 0 Å². The largest absolute Gasteiger partial charge is 0.466 e. The first kappa shape index (κ1) is 16.4. The number of hydrogen-bond acceptors (Lipinski definition) is 4. The fourth-order valence-electron chi connectivity index (χ4n) is 2.56. The van der Waals surface area contributed by atoms with E-state index < -0.39 is 0 Å². The zero-order chi connectivity index (χ0) is 14.1. The van der Waals surface area contributed by atoms with Crippen LogP contribution in [-0.4, -0.2) is 31.8 Å². The Hall–Kier alpha value is -0.610. The molecule has 4 nitrogen and oxygen atoms in total. The Morgan fingerprint density at radius 2 is 2.21 bits per heavy atom. The van der Waals surface area contributed by atoms with E-state index in [1.165, 1.54) is 6.42 Å². The number of carbonyl (C=O) groups is 1. The van der Waals surface area contributed by atoms with Crippen LogP contribution in [0.15, 0.2) is 0 Å². The van der Waals surface area contributed by atoms with Crippen LogP contribution in [0, 0.1) is 11.8 Å². The normalized spacial score (nSPS) is 21.4. The summed E-state index contributed by atoms with van der Waals surface area (Å²) in [6, 6.07) is 0. The van der Waals surface area contributed by atoms with E-state index in [2.05, 4.69) is 13.8 Å². The molecule has 19 heavy (non-hydrogen) atoms. The third kappa shape index (κ3) is 7.53. The number of ether oxygens (including phenoxy) is 2. The molecule has 0 aliphatic carbocycles. The zero-order valence-electron chi connectivity index (χ0n) is 12.4. The summed E-state index contributed by atoms with van der Waals surface area (Å²) >= 11 is 0. The smallest absolute Gasteiger partial charge is 0.306 e. The minimum Gasteiger partial charge on any atom is -0.466 e. The maximum absolute atomic E-state index is 11.7. The molecule has 1 aliphatic heterocycles. The average molecular weight is 271 g/mol. The number of nitrogens with two attached hydrogens (primary N) is 1. The minimum atomic E-state index is -0.119.